The summed E-state index contributed by atoms with van der Waals surface area (Å²) in [4.78, 5) is 8.63. The first-order valence-corrected chi connectivity index (χ1v) is 6.69. The van der Waals surface area contributed by atoms with Crippen LogP contribution in [0, 0.1) is 10.1 Å². The molecule has 0 amide bonds. The zero-order chi connectivity index (χ0) is 14.1. The molecule has 18 heavy (non-hydrogen) atoms. The number of hydrogen-bond donors (Lipinski definition) is 0. The first kappa shape index (κ1) is 14.9. The largest absolute Gasteiger partial charge is 0.433 e. The van der Waals surface area contributed by atoms with Crippen LogP contribution >= 0.6 is 22.3 Å². The minimum atomic E-state index is -4.44. The smallest absolute Gasteiger partial charge is 0.387 e. The van der Waals surface area contributed by atoms with Crippen LogP contribution in [0.5, 0.6) is 5.75 Å². The monoisotopic (exact) mass is 321 g/mol. The van der Waals surface area contributed by atoms with Crippen molar-refractivity contribution in [2.75, 3.05) is 0 Å². The third-order valence-corrected chi connectivity index (χ3v) is 3.53. The van der Waals surface area contributed by atoms with Gasteiger partial charge in [-0.25, -0.2) is 8.42 Å². The number of halogens is 4. The van der Waals surface area contributed by atoms with E-state index in [0.29, 0.717) is 12.1 Å². The maximum Gasteiger partial charge on any atom is 0.387 e. The molecule has 0 radical (unpaired) electrons. The predicted octanol–water partition coefficient (Wildman–Crippen LogP) is 2.78. The third-order valence-electron chi connectivity index (χ3n) is 1.68. The fraction of sp³-hybridized carbons (Fsp3) is 0.143. The molecule has 1 aromatic rings. The minimum absolute atomic E-state index is 0.545. The van der Waals surface area contributed by atoms with Gasteiger partial charge in [-0.15, -0.1) is 0 Å². The van der Waals surface area contributed by atoms with Gasteiger partial charge in [-0.3, -0.25) is 10.1 Å². The number of non-ortho nitro benzene ring substituents is 1. The van der Waals surface area contributed by atoms with Gasteiger partial charge in [0, 0.05) is 16.7 Å². The average Bonchev–Trinajstić information content (AvgIpc) is 2.18. The number of hydrogen-bond acceptors (Lipinski definition) is 5. The van der Waals surface area contributed by atoms with Crippen LogP contribution in [0.1, 0.15) is 0 Å². The van der Waals surface area contributed by atoms with Crippen molar-refractivity contribution in [3.63, 3.8) is 0 Å². The number of nitrogens with zero attached hydrogens (tertiary/aromatic N) is 1. The Kier molecular flexibility index (Phi) is 4.30. The van der Waals surface area contributed by atoms with Crippen LogP contribution in [0.15, 0.2) is 17.0 Å². The lowest BCUT2D eigenvalue weighted by atomic mass is 10.3. The van der Waals surface area contributed by atoms with Crippen molar-refractivity contribution in [1.82, 2.24) is 0 Å². The lowest BCUT2D eigenvalue weighted by Gasteiger charge is -2.08. The van der Waals surface area contributed by atoms with Crippen LogP contribution in [-0.2, 0) is 9.05 Å². The van der Waals surface area contributed by atoms with Gasteiger partial charge in [-0.2, -0.15) is 8.78 Å². The highest BCUT2D eigenvalue weighted by atomic mass is 35.7. The van der Waals surface area contributed by atoms with Crippen LogP contribution < -0.4 is 4.74 Å². The van der Waals surface area contributed by atoms with E-state index in [4.69, 9.17) is 22.3 Å². The molecule has 0 aromatic heterocycles. The molecule has 0 N–H and O–H groups in total. The van der Waals surface area contributed by atoms with Crippen LogP contribution in [0.2, 0.25) is 5.02 Å². The Balaban J connectivity index is 3.53. The maximum atomic E-state index is 12.0. The van der Waals surface area contributed by atoms with E-state index in [0.717, 1.165) is 0 Å². The second-order valence-electron chi connectivity index (χ2n) is 2.83. The van der Waals surface area contributed by atoms with E-state index in [1.807, 2.05) is 0 Å². The van der Waals surface area contributed by atoms with Crippen molar-refractivity contribution in [1.29, 1.82) is 0 Å². The third kappa shape index (κ3) is 3.40. The van der Waals surface area contributed by atoms with E-state index in [2.05, 4.69) is 4.74 Å². The fourth-order valence-electron chi connectivity index (χ4n) is 1.02. The summed E-state index contributed by atoms with van der Waals surface area (Å²) in [5.41, 5.74) is -0.797. The molecule has 1 aromatic carbocycles. The van der Waals surface area contributed by atoms with E-state index < -0.39 is 41.9 Å². The minimum Gasteiger partial charge on any atom is -0.433 e. The van der Waals surface area contributed by atoms with Gasteiger partial charge in [0.2, 0.25) is 0 Å². The number of nitro groups is 1. The van der Waals surface area contributed by atoms with E-state index in [1.54, 1.807) is 0 Å². The summed E-state index contributed by atoms with van der Waals surface area (Å²) in [6.45, 7) is -3.32. The molecule has 1 rings (SSSR count). The number of benzene rings is 1. The first-order valence-electron chi connectivity index (χ1n) is 4.00. The molecule has 0 bridgehead atoms. The fourth-order valence-corrected chi connectivity index (χ4v) is 2.54. The van der Waals surface area contributed by atoms with Gasteiger partial charge in [0.25, 0.3) is 14.7 Å². The molecule has 0 atom stereocenters. The molecular weight excluding hydrogens is 319 g/mol. The van der Waals surface area contributed by atoms with Crippen LogP contribution in [0.3, 0.4) is 0 Å². The lowest BCUT2D eigenvalue weighted by molar-refractivity contribution is -0.385. The van der Waals surface area contributed by atoms with Gasteiger partial charge in [0.15, 0.2) is 5.75 Å². The van der Waals surface area contributed by atoms with Crippen molar-refractivity contribution < 1.29 is 26.9 Å². The molecule has 0 aliphatic rings. The van der Waals surface area contributed by atoms with Crippen molar-refractivity contribution in [2.24, 2.45) is 0 Å². The van der Waals surface area contributed by atoms with Gasteiger partial charge in [0.05, 0.1) is 11.0 Å². The maximum absolute atomic E-state index is 12.0. The molecule has 0 saturated heterocycles. The highest BCUT2D eigenvalue weighted by Crippen LogP contribution is 2.37. The van der Waals surface area contributed by atoms with Crippen molar-refractivity contribution in [2.45, 2.75) is 11.5 Å². The zero-order valence-corrected chi connectivity index (χ0v) is 10.5. The SMILES string of the molecule is O=[N+]([O-])c1cc(OC(F)F)c(Cl)c(S(=O)(=O)Cl)c1. The summed E-state index contributed by atoms with van der Waals surface area (Å²) in [5, 5.41) is 9.76. The first-order chi connectivity index (χ1) is 8.12. The molecule has 100 valence electrons. The van der Waals surface area contributed by atoms with E-state index >= 15 is 0 Å². The van der Waals surface area contributed by atoms with Gasteiger partial charge >= 0.3 is 6.61 Å². The molecule has 0 saturated carbocycles. The van der Waals surface area contributed by atoms with E-state index in [-0.39, 0.29) is 0 Å². The molecule has 0 unspecified atom stereocenters. The van der Waals surface area contributed by atoms with Crippen molar-refractivity contribution >= 4 is 37.0 Å². The molecule has 0 aliphatic heterocycles. The zero-order valence-electron chi connectivity index (χ0n) is 8.14. The van der Waals surface area contributed by atoms with Gasteiger partial charge in [0.1, 0.15) is 9.92 Å². The van der Waals surface area contributed by atoms with Gasteiger partial charge in [-0.05, 0) is 0 Å². The second kappa shape index (κ2) is 5.21. The van der Waals surface area contributed by atoms with Crippen molar-refractivity contribution in [3.8, 4) is 5.75 Å². The van der Waals surface area contributed by atoms with E-state index in [1.165, 1.54) is 0 Å². The molecule has 0 aliphatic carbocycles. The summed E-state index contributed by atoms with van der Waals surface area (Å²) >= 11 is 5.47. The Bertz CT molecular complexity index is 592. The standard InChI is InChI=1S/C7H3Cl2F2NO5S/c8-6-4(17-7(10)11)1-3(12(13)14)2-5(6)18(9,15)16/h1-2,7H. The summed E-state index contributed by atoms with van der Waals surface area (Å²) in [6, 6.07) is 1.11. The Hall–Kier alpha value is -1.19. The lowest BCUT2D eigenvalue weighted by Crippen LogP contribution is -2.05. The number of nitro benzene ring substituents is 1. The highest BCUT2D eigenvalue weighted by Gasteiger charge is 2.25. The topological polar surface area (TPSA) is 86.5 Å². The summed E-state index contributed by atoms with van der Waals surface area (Å²) in [7, 11) is 0.534. The Morgan fingerprint density at radius 1 is 1.39 bits per heavy atom. The Morgan fingerprint density at radius 2 is 1.94 bits per heavy atom. The van der Waals surface area contributed by atoms with Crippen LogP contribution in [0.4, 0.5) is 14.5 Å². The molecule has 0 heterocycles. The summed E-state index contributed by atoms with van der Waals surface area (Å²) in [5.74, 6) is -0.847. The van der Waals surface area contributed by atoms with E-state index in [9.17, 15) is 27.3 Å². The normalized spacial score (nSPS) is 11.6. The molecule has 6 nitrogen and oxygen atoms in total. The van der Waals surface area contributed by atoms with Gasteiger partial charge in [-0.1, -0.05) is 11.6 Å². The molecular formula is C7H3Cl2F2NO5S. The van der Waals surface area contributed by atoms with Crippen LogP contribution in [-0.4, -0.2) is 20.0 Å². The Labute approximate surface area is 109 Å². The van der Waals surface area contributed by atoms with Crippen molar-refractivity contribution in [3.05, 3.63) is 27.3 Å². The number of alkyl halides is 2. The van der Waals surface area contributed by atoms with Gasteiger partial charge < -0.3 is 4.74 Å². The quantitative estimate of drug-likeness (QED) is 0.483. The average molecular weight is 322 g/mol. The summed E-state index contributed by atoms with van der Waals surface area (Å²) < 4.78 is 50.1. The highest BCUT2D eigenvalue weighted by molar-refractivity contribution is 8.13. The molecule has 0 spiro atoms. The second-order valence-corrected chi connectivity index (χ2v) is 5.74. The predicted molar refractivity (Wildman–Crippen MR) is 57.8 cm³/mol. The Morgan fingerprint density at radius 3 is 2.33 bits per heavy atom. The van der Waals surface area contributed by atoms with Crippen LogP contribution in [0.25, 0.3) is 0 Å². The number of ether oxygens (including phenoxy) is 1. The molecule has 11 heteroatoms. The molecule has 0 fully saturated rings. The number of rotatable bonds is 4. The summed E-state index contributed by atoms with van der Waals surface area (Å²) in [6.07, 6.45) is 0.